The highest BCUT2D eigenvalue weighted by Crippen LogP contribution is 2.41. The Hall–Kier alpha value is -1.39. The molecule has 4 heteroatoms. The third kappa shape index (κ3) is 2.72. The molecule has 3 rings (SSSR count). The summed E-state index contributed by atoms with van der Waals surface area (Å²) in [6, 6.07) is 10.3. The molecule has 2 aliphatic rings. The minimum atomic E-state index is -0.112. The first-order valence-corrected chi connectivity index (χ1v) is 7.26. The van der Waals surface area contributed by atoms with Crippen molar-refractivity contribution in [2.75, 3.05) is 13.2 Å². The first-order valence-electron chi connectivity index (χ1n) is 7.26. The summed E-state index contributed by atoms with van der Waals surface area (Å²) in [6.07, 6.45) is 2.46. The zero-order chi connectivity index (χ0) is 14.0. The summed E-state index contributed by atoms with van der Waals surface area (Å²) in [5, 5.41) is 1.88. The van der Waals surface area contributed by atoms with Gasteiger partial charge < -0.3 is 9.57 Å². The maximum atomic E-state index is 11.7. The summed E-state index contributed by atoms with van der Waals surface area (Å²) in [5.74, 6) is -0.112. The van der Waals surface area contributed by atoms with Crippen LogP contribution >= 0.6 is 0 Å². The Balaban J connectivity index is 1.76. The molecule has 0 amide bonds. The number of carbonyl (C=O) groups is 1. The summed E-state index contributed by atoms with van der Waals surface area (Å²) in [7, 11) is 0. The molecule has 2 saturated heterocycles. The summed E-state index contributed by atoms with van der Waals surface area (Å²) in [4.78, 5) is 17.2. The van der Waals surface area contributed by atoms with Gasteiger partial charge >= 0.3 is 5.97 Å². The van der Waals surface area contributed by atoms with Gasteiger partial charge in [-0.1, -0.05) is 37.3 Å². The number of hydrogen-bond acceptors (Lipinski definition) is 4. The van der Waals surface area contributed by atoms with Gasteiger partial charge in [0, 0.05) is 13.2 Å². The van der Waals surface area contributed by atoms with Gasteiger partial charge in [0.05, 0.1) is 19.0 Å². The lowest BCUT2D eigenvalue weighted by atomic mass is 9.74. The Kier molecular flexibility index (Phi) is 3.76. The molecule has 2 aliphatic heterocycles. The van der Waals surface area contributed by atoms with Crippen LogP contribution in [0.25, 0.3) is 0 Å². The molecule has 1 aromatic rings. The Labute approximate surface area is 119 Å². The number of rotatable bonds is 3. The van der Waals surface area contributed by atoms with Crippen molar-refractivity contribution < 1.29 is 14.4 Å². The quantitative estimate of drug-likeness (QED) is 0.849. The smallest absolute Gasteiger partial charge is 0.326 e. The third-order valence-electron chi connectivity index (χ3n) is 4.55. The Morgan fingerprint density at radius 1 is 1.25 bits per heavy atom. The minimum Gasteiger partial charge on any atom is -0.381 e. The van der Waals surface area contributed by atoms with E-state index in [1.165, 1.54) is 5.56 Å². The normalized spacial score (nSPS) is 26.4. The van der Waals surface area contributed by atoms with Crippen molar-refractivity contribution in [2.45, 2.75) is 38.8 Å². The van der Waals surface area contributed by atoms with Crippen LogP contribution in [0.15, 0.2) is 30.3 Å². The van der Waals surface area contributed by atoms with Crippen LogP contribution in [0.2, 0.25) is 0 Å². The van der Waals surface area contributed by atoms with Crippen molar-refractivity contribution in [3.05, 3.63) is 35.9 Å². The van der Waals surface area contributed by atoms with Crippen molar-refractivity contribution in [1.82, 2.24) is 5.06 Å². The molecule has 0 aromatic heterocycles. The Morgan fingerprint density at radius 2 is 1.95 bits per heavy atom. The Morgan fingerprint density at radius 3 is 2.65 bits per heavy atom. The molecule has 1 aromatic carbocycles. The van der Waals surface area contributed by atoms with E-state index in [0.29, 0.717) is 13.0 Å². The number of hydroxylamine groups is 2. The van der Waals surface area contributed by atoms with Gasteiger partial charge in [0.15, 0.2) is 0 Å². The molecule has 0 saturated carbocycles. The fourth-order valence-electron chi connectivity index (χ4n) is 3.16. The van der Waals surface area contributed by atoms with Crippen molar-refractivity contribution in [3.63, 3.8) is 0 Å². The molecule has 4 nitrogen and oxygen atoms in total. The van der Waals surface area contributed by atoms with Crippen LogP contribution in [-0.2, 0) is 20.9 Å². The second-order valence-electron chi connectivity index (χ2n) is 6.01. The van der Waals surface area contributed by atoms with Gasteiger partial charge in [0.1, 0.15) is 0 Å². The largest absolute Gasteiger partial charge is 0.381 e. The number of nitrogens with zero attached hydrogens (tertiary/aromatic N) is 1. The van der Waals surface area contributed by atoms with E-state index in [9.17, 15) is 4.79 Å². The highest BCUT2D eigenvalue weighted by atomic mass is 16.7. The second-order valence-corrected chi connectivity index (χ2v) is 6.01. The van der Waals surface area contributed by atoms with E-state index in [2.05, 4.69) is 19.1 Å². The molecule has 0 aliphatic carbocycles. The molecule has 0 N–H and O–H groups in total. The molecule has 0 spiro atoms. The van der Waals surface area contributed by atoms with E-state index >= 15 is 0 Å². The number of ether oxygens (including phenoxy) is 1. The van der Waals surface area contributed by atoms with E-state index in [1.807, 2.05) is 23.3 Å². The van der Waals surface area contributed by atoms with Gasteiger partial charge in [0.25, 0.3) is 0 Å². The van der Waals surface area contributed by atoms with Crippen molar-refractivity contribution in [3.8, 4) is 0 Å². The molecule has 0 radical (unpaired) electrons. The number of carbonyl (C=O) groups excluding carboxylic acids is 1. The molecular weight excluding hydrogens is 254 g/mol. The number of hydrogen-bond donors (Lipinski definition) is 0. The average molecular weight is 275 g/mol. The summed E-state index contributed by atoms with van der Waals surface area (Å²) in [5.41, 5.74) is 1.27. The molecule has 1 atom stereocenters. The highest BCUT2D eigenvalue weighted by molar-refractivity contribution is 5.71. The van der Waals surface area contributed by atoms with Crippen LogP contribution in [0, 0.1) is 5.41 Å². The van der Waals surface area contributed by atoms with E-state index in [-0.39, 0.29) is 17.4 Å². The van der Waals surface area contributed by atoms with Gasteiger partial charge in [-0.05, 0) is 23.8 Å². The highest BCUT2D eigenvalue weighted by Gasteiger charge is 2.46. The average Bonchev–Trinajstić information content (AvgIpc) is 2.82. The summed E-state index contributed by atoms with van der Waals surface area (Å²) < 4.78 is 5.46. The third-order valence-corrected chi connectivity index (χ3v) is 4.55. The molecule has 2 heterocycles. The Bertz CT molecular complexity index is 468. The van der Waals surface area contributed by atoms with E-state index in [1.54, 1.807) is 0 Å². The fourth-order valence-corrected chi connectivity index (χ4v) is 3.16. The summed E-state index contributed by atoms with van der Waals surface area (Å²) in [6.45, 7) is 4.47. The van der Waals surface area contributed by atoms with Crippen LogP contribution in [0.5, 0.6) is 0 Å². The minimum absolute atomic E-state index is 0.0964. The predicted molar refractivity (Wildman–Crippen MR) is 74.6 cm³/mol. The first kappa shape index (κ1) is 13.6. The zero-order valence-electron chi connectivity index (χ0n) is 11.9. The van der Waals surface area contributed by atoms with Crippen LogP contribution in [0.3, 0.4) is 0 Å². The lowest BCUT2D eigenvalue weighted by Gasteiger charge is -2.40. The molecule has 20 heavy (non-hydrogen) atoms. The molecule has 2 fully saturated rings. The molecular formula is C16H21NO3. The second kappa shape index (κ2) is 5.54. The van der Waals surface area contributed by atoms with Crippen molar-refractivity contribution in [1.29, 1.82) is 0 Å². The van der Waals surface area contributed by atoms with Gasteiger partial charge in [-0.25, -0.2) is 0 Å². The predicted octanol–water partition coefficient (Wildman–Crippen LogP) is 2.54. The van der Waals surface area contributed by atoms with Gasteiger partial charge in [-0.3, -0.25) is 4.79 Å². The standard InChI is InChI=1S/C16H21NO3/c1-16(7-9-19-10-8-16)14-11-15(18)20-17(14)12-13-5-3-2-4-6-13/h2-6,14H,7-12H2,1H3. The van der Waals surface area contributed by atoms with E-state index in [4.69, 9.17) is 9.57 Å². The van der Waals surface area contributed by atoms with Gasteiger partial charge in [0.2, 0.25) is 0 Å². The fraction of sp³-hybridized carbons (Fsp3) is 0.562. The lowest BCUT2D eigenvalue weighted by molar-refractivity contribution is -0.188. The van der Waals surface area contributed by atoms with Gasteiger partial charge in [-0.2, -0.15) is 0 Å². The molecule has 108 valence electrons. The van der Waals surface area contributed by atoms with E-state index < -0.39 is 0 Å². The van der Waals surface area contributed by atoms with Crippen LogP contribution in [0.1, 0.15) is 31.7 Å². The molecule has 1 unspecified atom stereocenters. The van der Waals surface area contributed by atoms with Gasteiger partial charge in [-0.15, -0.1) is 5.06 Å². The topological polar surface area (TPSA) is 38.8 Å². The maximum Gasteiger partial charge on any atom is 0.326 e. The SMILES string of the molecule is CC1(C2CC(=O)ON2Cc2ccccc2)CCOCC1. The summed E-state index contributed by atoms with van der Waals surface area (Å²) >= 11 is 0. The lowest BCUT2D eigenvalue weighted by Crippen LogP contribution is -2.44. The van der Waals surface area contributed by atoms with Crippen LogP contribution < -0.4 is 0 Å². The van der Waals surface area contributed by atoms with Crippen LogP contribution in [-0.4, -0.2) is 30.3 Å². The van der Waals surface area contributed by atoms with Crippen LogP contribution in [0.4, 0.5) is 0 Å². The van der Waals surface area contributed by atoms with Crippen molar-refractivity contribution in [2.24, 2.45) is 5.41 Å². The molecule has 0 bridgehead atoms. The first-order chi connectivity index (χ1) is 9.67. The zero-order valence-corrected chi connectivity index (χ0v) is 11.9. The monoisotopic (exact) mass is 275 g/mol. The van der Waals surface area contributed by atoms with E-state index in [0.717, 1.165) is 26.1 Å². The maximum absolute atomic E-state index is 11.7. The number of benzene rings is 1. The van der Waals surface area contributed by atoms with Crippen molar-refractivity contribution >= 4 is 5.97 Å².